The number of carbonyl (C=O) groups excluding carboxylic acids is 1. The van der Waals surface area contributed by atoms with E-state index in [-0.39, 0.29) is 24.2 Å². The van der Waals surface area contributed by atoms with Crippen LogP contribution in [-0.4, -0.2) is 37.9 Å². The van der Waals surface area contributed by atoms with Gasteiger partial charge in [-0.15, -0.1) is 0 Å². The van der Waals surface area contributed by atoms with Crippen LogP contribution in [-0.2, 0) is 0 Å². The van der Waals surface area contributed by atoms with Gasteiger partial charge in [0, 0.05) is 18.2 Å². The van der Waals surface area contributed by atoms with E-state index in [9.17, 15) is 9.18 Å². The topological polar surface area (TPSA) is 32.3 Å². The Bertz CT molecular complexity index is 656. The van der Waals surface area contributed by atoms with Crippen molar-refractivity contribution in [3.8, 4) is 0 Å². The van der Waals surface area contributed by atoms with Crippen LogP contribution in [0.5, 0.6) is 0 Å². The van der Waals surface area contributed by atoms with Crippen molar-refractivity contribution in [1.82, 2.24) is 10.2 Å². The highest BCUT2D eigenvalue weighted by Crippen LogP contribution is 2.16. The van der Waals surface area contributed by atoms with E-state index in [0.717, 1.165) is 0 Å². The number of hydrogen-bond acceptors (Lipinski definition) is 3. The van der Waals surface area contributed by atoms with Crippen molar-refractivity contribution >= 4 is 5.78 Å². The lowest BCUT2D eigenvalue weighted by molar-refractivity contribution is 0.0988. The summed E-state index contributed by atoms with van der Waals surface area (Å²) in [5, 5.41) is 3.18. The highest BCUT2D eigenvalue weighted by atomic mass is 19.1. The molecule has 0 fully saturated rings. The number of benzene rings is 2. The molecule has 0 aromatic heterocycles. The average molecular weight is 314 g/mol. The molecule has 0 radical (unpaired) electrons. The molecular formula is C19H23FN2O. The first-order valence-corrected chi connectivity index (χ1v) is 7.70. The summed E-state index contributed by atoms with van der Waals surface area (Å²) < 4.78 is 13.5. The molecule has 0 aliphatic heterocycles. The van der Waals surface area contributed by atoms with Crippen LogP contribution < -0.4 is 5.32 Å². The molecule has 2 aromatic carbocycles. The van der Waals surface area contributed by atoms with Crippen molar-refractivity contribution in [2.24, 2.45) is 0 Å². The van der Waals surface area contributed by atoms with Gasteiger partial charge in [-0.3, -0.25) is 4.79 Å². The van der Waals surface area contributed by atoms with E-state index in [1.54, 1.807) is 19.1 Å². The molecule has 122 valence electrons. The Balaban J connectivity index is 1.94. The summed E-state index contributed by atoms with van der Waals surface area (Å²) in [6, 6.07) is 14.9. The summed E-state index contributed by atoms with van der Waals surface area (Å²) in [4.78, 5) is 14.3. The number of aryl methyl sites for hydroxylation is 1. The normalized spacial score (nSPS) is 12.4. The van der Waals surface area contributed by atoms with Gasteiger partial charge in [0.05, 0.1) is 6.54 Å². The van der Waals surface area contributed by atoms with Gasteiger partial charge in [0.15, 0.2) is 5.78 Å². The van der Waals surface area contributed by atoms with Crippen LogP contribution in [0.4, 0.5) is 4.39 Å². The van der Waals surface area contributed by atoms with Gasteiger partial charge >= 0.3 is 0 Å². The molecule has 23 heavy (non-hydrogen) atoms. The van der Waals surface area contributed by atoms with Crippen LogP contribution in [0.3, 0.4) is 0 Å². The van der Waals surface area contributed by atoms with Gasteiger partial charge in [0.1, 0.15) is 5.82 Å². The fourth-order valence-corrected chi connectivity index (χ4v) is 2.46. The zero-order valence-electron chi connectivity index (χ0n) is 13.8. The standard InChI is InChI=1S/C19H23FN2O/c1-14-9-10-16(11-17(14)20)19(23)13-21-12-18(22(2)3)15-7-5-4-6-8-15/h4-11,18,21H,12-13H2,1-3H3. The largest absolute Gasteiger partial charge is 0.308 e. The minimum absolute atomic E-state index is 0.102. The molecule has 4 heteroatoms. The summed E-state index contributed by atoms with van der Waals surface area (Å²) in [5.74, 6) is -0.444. The first kappa shape index (κ1) is 17.3. The Morgan fingerprint density at radius 2 is 1.87 bits per heavy atom. The maximum absolute atomic E-state index is 13.5. The van der Waals surface area contributed by atoms with Gasteiger partial charge in [0.2, 0.25) is 0 Å². The highest BCUT2D eigenvalue weighted by Gasteiger charge is 2.14. The smallest absolute Gasteiger partial charge is 0.176 e. The Morgan fingerprint density at radius 3 is 2.48 bits per heavy atom. The quantitative estimate of drug-likeness (QED) is 0.797. The fraction of sp³-hybridized carbons (Fsp3) is 0.316. The summed E-state index contributed by atoms with van der Waals surface area (Å²) >= 11 is 0. The molecule has 3 nitrogen and oxygen atoms in total. The van der Waals surface area contributed by atoms with Crippen LogP contribution >= 0.6 is 0 Å². The first-order chi connectivity index (χ1) is 11.0. The molecule has 1 N–H and O–H groups in total. The Hall–Kier alpha value is -2.04. The van der Waals surface area contributed by atoms with Crippen molar-refractivity contribution < 1.29 is 9.18 Å². The number of Topliss-reactive ketones (excluding diaryl/α,β-unsaturated/α-hetero) is 1. The molecule has 1 atom stereocenters. The summed E-state index contributed by atoms with van der Waals surface area (Å²) in [7, 11) is 4.02. The zero-order chi connectivity index (χ0) is 16.8. The summed E-state index contributed by atoms with van der Waals surface area (Å²) in [5.41, 5.74) is 2.15. The second-order valence-corrected chi connectivity index (χ2v) is 5.91. The SMILES string of the molecule is Cc1ccc(C(=O)CNCC(c2ccccc2)N(C)C)cc1F. The number of carbonyl (C=O) groups is 1. The van der Waals surface area contributed by atoms with E-state index >= 15 is 0 Å². The van der Waals surface area contributed by atoms with Crippen LogP contribution in [0.15, 0.2) is 48.5 Å². The van der Waals surface area contributed by atoms with Crippen molar-refractivity contribution in [1.29, 1.82) is 0 Å². The minimum Gasteiger partial charge on any atom is -0.308 e. The highest BCUT2D eigenvalue weighted by molar-refractivity contribution is 5.97. The number of rotatable bonds is 7. The third kappa shape index (κ3) is 4.71. The maximum Gasteiger partial charge on any atom is 0.176 e. The van der Waals surface area contributed by atoms with Gasteiger partial charge in [-0.25, -0.2) is 4.39 Å². The minimum atomic E-state index is -0.341. The lowest BCUT2D eigenvalue weighted by Gasteiger charge is -2.25. The third-order valence-corrected chi connectivity index (χ3v) is 3.92. The first-order valence-electron chi connectivity index (χ1n) is 7.70. The van der Waals surface area contributed by atoms with Crippen molar-refractivity contribution in [2.45, 2.75) is 13.0 Å². The molecule has 0 aliphatic carbocycles. The van der Waals surface area contributed by atoms with Crippen molar-refractivity contribution in [2.75, 3.05) is 27.2 Å². The van der Waals surface area contributed by atoms with E-state index in [0.29, 0.717) is 17.7 Å². The average Bonchev–Trinajstić information content (AvgIpc) is 2.54. The summed E-state index contributed by atoms with van der Waals surface area (Å²) in [6.45, 7) is 2.53. The molecule has 0 saturated carbocycles. The summed E-state index contributed by atoms with van der Waals surface area (Å²) in [6.07, 6.45) is 0. The van der Waals surface area contributed by atoms with Crippen LogP contribution in [0.25, 0.3) is 0 Å². The molecule has 2 aromatic rings. The molecule has 0 aliphatic rings. The van der Waals surface area contributed by atoms with Crippen molar-refractivity contribution in [3.63, 3.8) is 0 Å². The van der Waals surface area contributed by atoms with Crippen LogP contribution in [0, 0.1) is 12.7 Å². The Morgan fingerprint density at radius 1 is 1.17 bits per heavy atom. The molecule has 0 saturated heterocycles. The molecule has 0 bridgehead atoms. The third-order valence-electron chi connectivity index (χ3n) is 3.92. The van der Waals surface area contributed by atoms with Crippen LogP contribution in [0.2, 0.25) is 0 Å². The predicted octanol–water partition coefficient (Wildman–Crippen LogP) is 3.21. The van der Waals surface area contributed by atoms with E-state index in [2.05, 4.69) is 22.3 Å². The number of nitrogens with one attached hydrogen (secondary N) is 1. The Kier molecular flexibility index (Phi) is 6.02. The molecule has 1 unspecified atom stereocenters. The number of hydrogen-bond donors (Lipinski definition) is 1. The van der Waals surface area contributed by atoms with Crippen LogP contribution in [0.1, 0.15) is 27.5 Å². The Labute approximate surface area is 137 Å². The molecule has 2 rings (SSSR count). The molecular weight excluding hydrogens is 291 g/mol. The number of halogens is 1. The lowest BCUT2D eigenvalue weighted by atomic mass is 10.1. The molecule has 0 amide bonds. The van der Waals surface area contributed by atoms with Gasteiger partial charge in [0.25, 0.3) is 0 Å². The fourth-order valence-electron chi connectivity index (χ4n) is 2.46. The lowest BCUT2D eigenvalue weighted by Crippen LogP contribution is -2.33. The number of ketones is 1. The zero-order valence-corrected chi connectivity index (χ0v) is 13.8. The second kappa shape index (κ2) is 7.99. The van der Waals surface area contributed by atoms with E-state index in [1.807, 2.05) is 32.3 Å². The monoisotopic (exact) mass is 314 g/mol. The second-order valence-electron chi connectivity index (χ2n) is 5.91. The maximum atomic E-state index is 13.5. The van der Waals surface area contributed by atoms with Gasteiger partial charge in [-0.1, -0.05) is 42.5 Å². The van der Waals surface area contributed by atoms with E-state index in [1.165, 1.54) is 11.6 Å². The molecule has 0 heterocycles. The van der Waals surface area contributed by atoms with Gasteiger partial charge < -0.3 is 10.2 Å². The van der Waals surface area contributed by atoms with Gasteiger partial charge in [-0.2, -0.15) is 0 Å². The van der Waals surface area contributed by atoms with E-state index in [4.69, 9.17) is 0 Å². The molecule has 0 spiro atoms. The van der Waals surface area contributed by atoms with Gasteiger partial charge in [-0.05, 0) is 38.2 Å². The predicted molar refractivity (Wildman–Crippen MR) is 91.2 cm³/mol. The number of nitrogens with zero attached hydrogens (tertiary/aromatic N) is 1. The number of likely N-dealkylation sites (N-methyl/N-ethyl adjacent to an activating group) is 1. The van der Waals surface area contributed by atoms with E-state index < -0.39 is 0 Å². The van der Waals surface area contributed by atoms with Crippen molar-refractivity contribution in [3.05, 3.63) is 71.0 Å².